The topological polar surface area (TPSA) is 99.1 Å². The Morgan fingerprint density at radius 1 is 1.47 bits per heavy atom. The van der Waals surface area contributed by atoms with E-state index in [0.29, 0.717) is 19.7 Å². The first-order valence-electron chi connectivity index (χ1n) is 5.45. The largest absolute Gasteiger partial charge is 0.479 e. The molecule has 0 aromatic heterocycles. The van der Waals surface area contributed by atoms with Crippen LogP contribution >= 0.6 is 0 Å². The quantitative estimate of drug-likeness (QED) is 0.538. The van der Waals surface area contributed by atoms with Crippen molar-refractivity contribution in [2.24, 2.45) is 0 Å². The van der Waals surface area contributed by atoms with Crippen LogP contribution in [0.4, 0.5) is 4.79 Å². The Labute approximate surface area is 100 Å². The molecular weight excluding hydrogens is 228 g/mol. The number of carboxylic acid groups (broad SMARTS) is 1. The number of aliphatic carboxylic acids is 1. The van der Waals surface area contributed by atoms with Gasteiger partial charge < -0.3 is 25.2 Å². The van der Waals surface area contributed by atoms with Gasteiger partial charge in [0.15, 0.2) is 6.10 Å². The van der Waals surface area contributed by atoms with E-state index >= 15 is 0 Å². The Morgan fingerprint density at radius 3 is 2.59 bits per heavy atom. The molecule has 3 N–H and O–H groups in total. The molecule has 2 amide bonds. The molecule has 0 unspecified atom stereocenters. The lowest BCUT2D eigenvalue weighted by atomic mass is 10.2. The molecular formula is C10H20N2O5. The highest BCUT2D eigenvalue weighted by Gasteiger charge is 2.14. The maximum absolute atomic E-state index is 11.6. The van der Waals surface area contributed by atoms with Gasteiger partial charge in [-0.25, -0.2) is 9.59 Å². The molecule has 0 aliphatic rings. The van der Waals surface area contributed by atoms with Crippen LogP contribution < -0.4 is 5.32 Å². The van der Waals surface area contributed by atoms with E-state index in [4.69, 9.17) is 14.9 Å². The van der Waals surface area contributed by atoms with Gasteiger partial charge in [-0.15, -0.1) is 0 Å². The normalized spacial score (nSPS) is 11.9. The number of rotatable bonds is 8. The molecule has 100 valence electrons. The minimum atomic E-state index is -1.44. The van der Waals surface area contributed by atoms with Gasteiger partial charge in [0, 0.05) is 33.2 Å². The number of urea groups is 1. The fraction of sp³-hybridized carbons (Fsp3) is 0.800. The van der Waals surface area contributed by atoms with Crippen LogP contribution in [-0.2, 0) is 9.53 Å². The number of ether oxygens (including phenoxy) is 1. The minimum Gasteiger partial charge on any atom is -0.479 e. The molecule has 0 spiro atoms. The number of amides is 2. The van der Waals surface area contributed by atoms with E-state index in [2.05, 4.69) is 5.32 Å². The molecule has 1 atom stereocenters. The van der Waals surface area contributed by atoms with Gasteiger partial charge >= 0.3 is 12.0 Å². The average Bonchev–Trinajstić information content (AvgIpc) is 2.29. The highest BCUT2D eigenvalue weighted by Crippen LogP contribution is 1.92. The first-order valence-corrected chi connectivity index (χ1v) is 5.45. The van der Waals surface area contributed by atoms with Crippen LogP contribution in [0.3, 0.4) is 0 Å². The van der Waals surface area contributed by atoms with E-state index < -0.39 is 12.1 Å². The van der Waals surface area contributed by atoms with Crippen molar-refractivity contribution in [3.8, 4) is 0 Å². The van der Waals surface area contributed by atoms with Gasteiger partial charge in [-0.3, -0.25) is 0 Å². The van der Waals surface area contributed by atoms with Crippen molar-refractivity contribution in [3.05, 3.63) is 0 Å². The van der Waals surface area contributed by atoms with Gasteiger partial charge in [-0.1, -0.05) is 0 Å². The van der Waals surface area contributed by atoms with Crippen LogP contribution in [0.2, 0.25) is 0 Å². The molecule has 0 saturated carbocycles. The van der Waals surface area contributed by atoms with Crippen molar-refractivity contribution in [2.75, 3.05) is 33.4 Å². The number of carbonyl (C=O) groups excluding carboxylic acids is 1. The molecule has 0 rings (SSSR count). The summed E-state index contributed by atoms with van der Waals surface area (Å²) in [4.78, 5) is 23.4. The van der Waals surface area contributed by atoms with Crippen LogP contribution in [0.15, 0.2) is 0 Å². The molecule has 0 bridgehead atoms. The fourth-order valence-electron chi connectivity index (χ4n) is 1.16. The molecule has 7 nitrogen and oxygen atoms in total. The second-order valence-corrected chi connectivity index (χ2v) is 3.45. The Kier molecular flexibility index (Phi) is 8.08. The van der Waals surface area contributed by atoms with E-state index in [0.717, 1.165) is 0 Å². The van der Waals surface area contributed by atoms with Crippen LogP contribution in [0, 0.1) is 0 Å². The summed E-state index contributed by atoms with van der Waals surface area (Å²) in [7, 11) is 1.55. The van der Waals surface area contributed by atoms with E-state index in [1.807, 2.05) is 6.92 Å². The molecule has 7 heteroatoms. The SMILES string of the molecule is CCN(CCOC)C(=O)NCC[C@H](O)C(=O)O. The Morgan fingerprint density at radius 2 is 2.12 bits per heavy atom. The van der Waals surface area contributed by atoms with E-state index in [1.54, 1.807) is 7.11 Å². The molecule has 0 saturated heterocycles. The highest BCUT2D eigenvalue weighted by atomic mass is 16.5. The first-order chi connectivity index (χ1) is 8.02. The number of nitrogens with one attached hydrogen (secondary N) is 1. The summed E-state index contributed by atoms with van der Waals surface area (Å²) in [5.74, 6) is -1.29. The van der Waals surface area contributed by atoms with Gasteiger partial charge in [0.05, 0.1) is 6.61 Å². The van der Waals surface area contributed by atoms with Gasteiger partial charge in [-0.2, -0.15) is 0 Å². The van der Waals surface area contributed by atoms with Crippen molar-refractivity contribution in [2.45, 2.75) is 19.4 Å². The summed E-state index contributed by atoms with van der Waals surface area (Å²) in [5, 5.41) is 20.0. The van der Waals surface area contributed by atoms with Crippen molar-refractivity contribution >= 4 is 12.0 Å². The molecule has 0 aromatic rings. The fourth-order valence-corrected chi connectivity index (χ4v) is 1.16. The van der Waals surface area contributed by atoms with Gasteiger partial charge in [0.25, 0.3) is 0 Å². The summed E-state index contributed by atoms with van der Waals surface area (Å²) in [6.07, 6.45) is -1.45. The average molecular weight is 248 g/mol. The zero-order chi connectivity index (χ0) is 13.3. The third kappa shape index (κ3) is 6.75. The van der Waals surface area contributed by atoms with Gasteiger partial charge in [-0.05, 0) is 6.92 Å². The monoisotopic (exact) mass is 248 g/mol. The minimum absolute atomic E-state index is 0.0110. The standard InChI is InChI=1S/C10H20N2O5/c1-3-12(6-7-17-2)10(16)11-5-4-8(13)9(14)15/h8,13H,3-7H2,1-2H3,(H,11,16)(H,14,15)/t8-/m0/s1. The van der Waals surface area contributed by atoms with Crippen molar-refractivity contribution in [1.29, 1.82) is 0 Å². The molecule has 0 heterocycles. The van der Waals surface area contributed by atoms with Crippen LogP contribution in [0.5, 0.6) is 0 Å². The Bertz CT molecular complexity index is 247. The third-order valence-corrected chi connectivity index (χ3v) is 2.21. The molecule has 0 aliphatic carbocycles. The van der Waals surface area contributed by atoms with E-state index in [1.165, 1.54) is 4.90 Å². The Balaban J connectivity index is 3.86. The number of hydrogen-bond acceptors (Lipinski definition) is 4. The number of carbonyl (C=O) groups is 2. The third-order valence-electron chi connectivity index (χ3n) is 2.21. The molecule has 0 aliphatic heterocycles. The summed E-state index contributed by atoms with van der Waals surface area (Å²) >= 11 is 0. The molecule has 0 radical (unpaired) electrons. The molecule has 0 fully saturated rings. The van der Waals surface area contributed by atoms with Crippen LogP contribution in [-0.4, -0.2) is 66.6 Å². The smallest absolute Gasteiger partial charge is 0.332 e. The van der Waals surface area contributed by atoms with Crippen molar-refractivity contribution in [3.63, 3.8) is 0 Å². The lowest BCUT2D eigenvalue weighted by molar-refractivity contribution is -0.146. The second-order valence-electron chi connectivity index (χ2n) is 3.45. The van der Waals surface area contributed by atoms with Crippen molar-refractivity contribution in [1.82, 2.24) is 10.2 Å². The maximum atomic E-state index is 11.6. The predicted molar refractivity (Wildman–Crippen MR) is 60.8 cm³/mol. The number of methoxy groups -OCH3 is 1. The predicted octanol–water partition coefficient (Wildman–Crippen LogP) is -0.500. The van der Waals surface area contributed by atoms with Crippen LogP contribution in [0.1, 0.15) is 13.3 Å². The van der Waals surface area contributed by atoms with E-state index in [9.17, 15) is 9.59 Å². The lowest BCUT2D eigenvalue weighted by Gasteiger charge is -2.21. The summed E-state index contributed by atoms with van der Waals surface area (Å²) in [5.41, 5.74) is 0. The zero-order valence-corrected chi connectivity index (χ0v) is 10.2. The summed E-state index contributed by atoms with van der Waals surface area (Å²) in [6, 6.07) is -0.290. The second kappa shape index (κ2) is 8.77. The van der Waals surface area contributed by atoms with Gasteiger partial charge in [0.1, 0.15) is 0 Å². The number of aliphatic hydroxyl groups excluding tert-OH is 1. The number of aliphatic hydroxyl groups is 1. The molecule has 0 aromatic carbocycles. The van der Waals surface area contributed by atoms with Crippen LogP contribution in [0.25, 0.3) is 0 Å². The zero-order valence-electron chi connectivity index (χ0n) is 10.2. The highest BCUT2D eigenvalue weighted by molar-refractivity contribution is 5.74. The first kappa shape index (κ1) is 15.7. The van der Waals surface area contributed by atoms with Gasteiger partial charge in [0.2, 0.25) is 0 Å². The summed E-state index contributed by atoms with van der Waals surface area (Å²) in [6.45, 7) is 3.41. The number of hydrogen-bond donors (Lipinski definition) is 3. The van der Waals surface area contributed by atoms with Crippen molar-refractivity contribution < 1.29 is 24.5 Å². The maximum Gasteiger partial charge on any atom is 0.332 e. The Hall–Kier alpha value is -1.34. The lowest BCUT2D eigenvalue weighted by Crippen LogP contribution is -2.42. The number of likely N-dealkylation sites (N-methyl/N-ethyl adjacent to an activating group) is 1. The number of nitrogens with zero attached hydrogens (tertiary/aromatic N) is 1. The summed E-state index contributed by atoms with van der Waals surface area (Å²) < 4.78 is 4.86. The number of carboxylic acids is 1. The molecule has 17 heavy (non-hydrogen) atoms. The van der Waals surface area contributed by atoms with E-state index in [-0.39, 0.29) is 19.0 Å².